The summed E-state index contributed by atoms with van der Waals surface area (Å²) >= 11 is 0. The highest BCUT2D eigenvalue weighted by molar-refractivity contribution is 7.91. The van der Waals surface area contributed by atoms with Crippen molar-refractivity contribution in [2.24, 2.45) is 0 Å². The Kier molecular flexibility index (Phi) is 3.86. The van der Waals surface area contributed by atoms with Crippen molar-refractivity contribution in [3.8, 4) is 0 Å². The summed E-state index contributed by atoms with van der Waals surface area (Å²) in [5.74, 6) is 0. The van der Waals surface area contributed by atoms with E-state index in [9.17, 15) is 8.42 Å². The Morgan fingerprint density at radius 1 is 1.35 bits per heavy atom. The maximum Gasteiger partial charge on any atom is 0.150 e. The first-order valence-electron chi connectivity index (χ1n) is 7.48. The largest absolute Gasteiger partial charge is 0.308 e. The second-order valence-corrected chi connectivity index (χ2v) is 8.55. The Hall–Kier alpha value is -0.880. The van der Waals surface area contributed by atoms with E-state index in [1.807, 2.05) is 0 Å². The standard InChI is InChI=1S/C14H23N3O2S/c1-20(18,19)14-8-12(9-14)15-10-11-6-7-17(16-11)13-4-2-3-5-13/h6-7,12-15H,2-5,8-10H2,1H3. The lowest BCUT2D eigenvalue weighted by Crippen LogP contribution is -2.47. The van der Waals surface area contributed by atoms with Gasteiger partial charge in [-0.15, -0.1) is 0 Å². The molecule has 0 atom stereocenters. The van der Waals surface area contributed by atoms with Gasteiger partial charge in [-0.3, -0.25) is 4.68 Å². The monoisotopic (exact) mass is 297 g/mol. The molecule has 1 N–H and O–H groups in total. The van der Waals surface area contributed by atoms with Gasteiger partial charge in [0.2, 0.25) is 0 Å². The Balaban J connectivity index is 1.46. The van der Waals surface area contributed by atoms with Crippen LogP contribution in [0.25, 0.3) is 0 Å². The molecule has 0 amide bonds. The summed E-state index contributed by atoms with van der Waals surface area (Å²) in [5, 5.41) is 7.88. The third kappa shape index (κ3) is 3.06. The average Bonchev–Trinajstić information content (AvgIpc) is 2.95. The van der Waals surface area contributed by atoms with Gasteiger partial charge in [-0.05, 0) is 31.7 Å². The fourth-order valence-electron chi connectivity index (χ4n) is 3.17. The molecule has 2 aliphatic carbocycles. The van der Waals surface area contributed by atoms with Gasteiger partial charge in [0.25, 0.3) is 0 Å². The molecule has 2 fully saturated rings. The lowest BCUT2D eigenvalue weighted by Gasteiger charge is -2.34. The molecule has 6 heteroatoms. The third-order valence-corrected chi connectivity index (χ3v) is 6.23. The van der Waals surface area contributed by atoms with Crippen molar-refractivity contribution >= 4 is 9.84 Å². The van der Waals surface area contributed by atoms with E-state index in [4.69, 9.17) is 0 Å². The molecule has 0 radical (unpaired) electrons. The van der Waals surface area contributed by atoms with Crippen molar-refractivity contribution in [3.05, 3.63) is 18.0 Å². The van der Waals surface area contributed by atoms with Crippen LogP contribution in [-0.4, -0.2) is 35.7 Å². The minimum atomic E-state index is -2.85. The molecule has 0 aliphatic heterocycles. The fraction of sp³-hybridized carbons (Fsp3) is 0.786. The van der Waals surface area contributed by atoms with Crippen molar-refractivity contribution in [1.82, 2.24) is 15.1 Å². The maximum atomic E-state index is 11.3. The normalized spacial score (nSPS) is 27.6. The van der Waals surface area contributed by atoms with Gasteiger partial charge in [-0.1, -0.05) is 12.8 Å². The average molecular weight is 297 g/mol. The van der Waals surface area contributed by atoms with Gasteiger partial charge in [0.1, 0.15) is 9.84 Å². The van der Waals surface area contributed by atoms with E-state index in [1.54, 1.807) is 0 Å². The number of rotatable bonds is 5. The number of nitrogens with one attached hydrogen (secondary N) is 1. The van der Waals surface area contributed by atoms with Gasteiger partial charge in [0.15, 0.2) is 0 Å². The van der Waals surface area contributed by atoms with E-state index in [0.717, 1.165) is 25.1 Å². The SMILES string of the molecule is CS(=O)(=O)C1CC(NCc2ccn(C3CCCC3)n2)C1. The molecule has 20 heavy (non-hydrogen) atoms. The molecule has 3 rings (SSSR count). The lowest BCUT2D eigenvalue weighted by atomic mass is 9.92. The molecular weight excluding hydrogens is 274 g/mol. The molecule has 5 nitrogen and oxygen atoms in total. The second-order valence-electron chi connectivity index (χ2n) is 6.23. The van der Waals surface area contributed by atoms with E-state index in [-0.39, 0.29) is 5.25 Å². The van der Waals surface area contributed by atoms with Crippen LogP contribution in [0, 0.1) is 0 Å². The number of aromatic nitrogens is 2. The van der Waals surface area contributed by atoms with Crippen LogP contribution in [-0.2, 0) is 16.4 Å². The Morgan fingerprint density at radius 3 is 2.70 bits per heavy atom. The molecule has 2 aliphatic rings. The molecule has 112 valence electrons. The molecular formula is C14H23N3O2S. The first-order valence-corrected chi connectivity index (χ1v) is 9.44. The van der Waals surface area contributed by atoms with Crippen LogP contribution in [0.3, 0.4) is 0 Å². The zero-order valence-corrected chi connectivity index (χ0v) is 12.8. The summed E-state index contributed by atoms with van der Waals surface area (Å²) in [6, 6.07) is 2.98. The molecule has 0 saturated heterocycles. The minimum absolute atomic E-state index is 0.143. The van der Waals surface area contributed by atoms with Crippen molar-refractivity contribution < 1.29 is 8.42 Å². The minimum Gasteiger partial charge on any atom is -0.308 e. The van der Waals surface area contributed by atoms with E-state index in [0.29, 0.717) is 12.1 Å². The molecule has 0 aromatic carbocycles. The number of sulfone groups is 1. The maximum absolute atomic E-state index is 11.3. The van der Waals surface area contributed by atoms with Crippen LogP contribution < -0.4 is 5.32 Å². The first-order chi connectivity index (χ1) is 9.52. The van der Waals surface area contributed by atoms with E-state index in [2.05, 4.69) is 27.4 Å². The number of nitrogens with zero attached hydrogens (tertiary/aromatic N) is 2. The predicted molar refractivity (Wildman–Crippen MR) is 78.2 cm³/mol. The smallest absolute Gasteiger partial charge is 0.150 e. The Morgan fingerprint density at radius 2 is 2.05 bits per heavy atom. The van der Waals surface area contributed by atoms with Gasteiger partial charge in [-0.25, -0.2) is 8.42 Å². The van der Waals surface area contributed by atoms with Crippen LogP contribution in [0.5, 0.6) is 0 Å². The zero-order valence-electron chi connectivity index (χ0n) is 12.0. The molecule has 0 bridgehead atoms. The summed E-state index contributed by atoms with van der Waals surface area (Å²) in [5.41, 5.74) is 1.06. The number of hydrogen-bond acceptors (Lipinski definition) is 4. The predicted octanol–water partition coefficient (Wildman–Crippen LogP) is 1.66. The number of hydrogen-bond donors (Lipinski definition) is 1. The van der Waals surface area contributed by atoms with E-state index < -0.39 is 9.84 Å². The van der Waals surface area contributed by atoms with Crippen LogP contribution in [0.4, 0.5) is 0 Å². The van der Waals surface area contributed by atoms with Crippen LogP contribution in [0.15, 0.2) is 12.3 Å². The molecule has 2 saturated carbocycles. The highest BCUT2D eigenvalue weighted by Crippen LogP contribution is 2.29. The quantitative estimate of drug-likeness (QED) is 0.898. The fourth-order valence-corrected chi connectivity index (χ4v) is 4.34. The second kappa shape index (κ2) is 5.48. The summed E-state index contributed by atoms with van der Waals surface area (Å²) in [7, 11) is -2.85. The molecule has 1 heterocycles. The third-order valence-electron chi connectivity index (χ3n) is 4.63. The van der Waals surface area contributed by atoms with Gasteiger partial charge in [-0.2, -0.15) is 5.10 Å². The van der Waals surface area contributed by atoms with Crippen molar-refractivity contribution in [1.29, 1.82) is 0 Å². The Bertz CT molecular complexity index is 555. The highest BCUT2D eigenvalue weighted by Gasteiger charge is 2.35. The molecule has 0 spiro atoms. The molecule has 1 aromatic heterocycles. The van der Waals surface area contributed by atoms with Crippen molar-refractivity contribution in [2.45, 2.75) is 62.4 Å². The van der Waals surface area contributed by atoms with Gasteiger partial charge in [0.05, 0.1) is 17.0 Å². The van der Waals surface area contributed by atoms with Gasteiger partial charge in [0, 0.05) is 25.0 Å². The summed E-state index contributed by atoms with van der Waals surface area (Å²) < 4.78 is 24.8. The molecule has 1 aromatic rings. The van der Waals surface area contributed by atoms with Gasteiger partial charge >= 0.3 is 0 Å². The van der Waals surface area contributed by atoms with E-state index >= 15 is 0 Å². The first kappa shape index (κ1) is 14.1. The molecule has 0 unspecified atom stereocenters. The summed E-state index contributed by atoms with van der Waals surface area (Å²) in [6.07, 6.45) is 10.00. The van der Waals surface area contributed by atoms with Crippen LogP contribution in [0.2, 0.25) is 0 Å². The Labute approximate surface area is 120 Å². The van der Waals surface area contributed by atoms with E-state index in [1.165, 1.54) is 31.9 Å². The van der Waals surface area contributed by atoms with Crippen LogP contribution in [0.1, 0.15) is 50.3 Å². The highest BCUT2D eigenvalue weighted by atomic mass is 32.2. The lowest BCUT2D eigenvalue weighted by molar-refractivity contribution is 0.335. The van der Waals surface area contributed by atoms with Crippen molar-refractivity contribution in [2.75, 3.05) is 6.26 Å². The zero-order chi connectivity index (χ0) is 14.2. The topological polar surface area (TPSA) is 64.0 Å². The summed E-state index contributed by atoms with van der Waals surface area (Å²) in [4.78, 5) is 0. The van der Waals surface area contributed by atoms with Crippen molar-refractivity contribution in [3.63, 3.8) is 0 Å². The van der Waals surface area contributed by atoms with Gasteiger partial charge < -0.3 is 5.32 Å². The van der Waals surface area contributed by atoms with Crippen LogP contribution >= 0.6 is 0 Å². The summed E-state index contributed by atoms with van der Waals surface area (Å²) in [6.45, 7) is 0.737.